The first-order valence-corrected chi connectivity index (χ1v) is 9.40. The normalized spacial score (nSPS) is 14.3. The zero-order valence-corrected chi connectivity index (χ0v) is 16.0. The molecule has 0 aliphatic carbocycles. The third-order valence-corrected chi connectivity index (χ3v) is 4.84. The van der Waals surface area contributed by atoms with Crippen LogP contribution < -0.4 is 5.32 Å². The quantitative estimate of drug-likeness (QED) is 0.786. The summed E-state index contributed by atoms with van der Waals surface area (Å²) < 4.78 is 4.95. The highest BCUT2D eigenvalue weighted by atomic mass is 35.5. The van der Waals surface area contributed by atoms with Crippen molar-refractivity contribution in [2.45, 2.75) is 19.8 Å². The molecule has 0 radical (unpaired) electrons. The molecule has 1 aromatic heterocycles. The van der Waals surface area contributed by atoms with Crippen LogP contribution in [0, 0.1) is 6.92 Å². The van der Waals surface area contributed by atoms with E-state index in [-0.39, 0.29) is 18.4 Å². The molecule has 0 unspecified atom stereocenters. The fourth-order valence-corrected chi connectivity index (χ4v) is 3.32. The Hall–Kier alpha value is -2.38. The van der Waals surface area contributed by atoms with Gasteiger partial charge in [0, 0.05) is 19.2 Å². The third-order valence-electron chi connectivity index (χ3n) is 4.51. The summed E-state index contributed by atoms with van der Waals surface area (Å²) in [4.78, 5) is 29.2. The third kappa shape index (κ3) is 5.30. The van der Waals surface area contributed by atoms with Crippen LogP contribution in [0.4, 0.5) is 5.82 Å². The fourth-order valence-electron chi connectivity index (χ4n) is 3.11. The van der Waals surface area contributed by atoms with Gasteiger partial charge in [-0.15, -0.1) is 0 Å². The monoisotopic (exact) mass is 390 g/mol. The second-order valence-corrected chi connectivity index (χ2v) is 7.03. The lowest BCUT2D eigenvalue weighted by Crippen LogP contribution is -2.42. The molecular weight excluding hydrogens is 368 g/mol. The molecule has 2 aromatic rings. The Bertz CT molecular complexity index is 802. The number of carbonyl (C=O) groups excluding carboxylic acids is 2. The highest BCUT2D eigenvalue weighted by molar-refractivity contribution is 6.33. The number of likely N-dealkylation sites (tertiary alicyclic amines) is 1. The van der Waals surface area contributed by atoms with E-state index in [1.807, 2.05) is 0 Å². The predicted molar refractivity (Wildman–Crippen MR) is 103 cm³/mol. The summed E-state index contributed by atoms with van der Waals surface area (Å²) in [6.07, 6.45) is 2.34. The van der Waals surface area contributed by atoms with Crippen LogP contribution in [0.5, 0.6) is 0 Å². The van der Waals surface area contributed by atoms with Crippen LogP contribution >= 0.6 is 11.6 Å². The second-order valence-electron chi connectivity index (χ2n) is 6.63. The molecule has 1 N–H and O–H groups in total. The largest absolute Gasteiger partial charge is 0.360 e. The fraction of sp³-hybridized carbons (Fsp3) is 0.421. The van der Waals surface area contributed by atoms with Gasteiger partial charge in [-0.2, -0.15) is 0 Å². The van der Waals surface area contributed by atoms with Crippen LogP contribution in [0.2, 0.25) is 5.02 Å². The van der Waals surface area contributed by atoms with Crippen LogP contribution in [0.15, 0.2) is 34.9 Å². The Balaban J connectivity index is 1.69. The number of aromatic nitrogens is 1. The van der Waals surface area contributed by atoms with Crippen molar-refractivity contribution >= 4 is 29.2 Å². The zero-order chi connectivity index (χ0) is 19.2. The standard InChI is InChI=1S/C19H23ClN4O3/c1-14-12-17(22-27-14)21-18(25)13-24(11-10-23-8-4-5-9-23)19(26)15-6-2-3-7-16(15)20/h2-3,6-7,12H,4-5,8-11,13H2,1H3,(H,21,22,25). The Kier molecular flexibility index (Phi) is 6.47. The number of rotatable bonds is 7. The molecular formula is C19H23ClN4O3. The maximum Gasteiger partial charge on any atom is 0.255 e. The Morgan fingerprint density at radius 1 is 1.30 bits per heavy atom. The number of nitrogens with one attached hydrogen (secondary N) is 1. The molecule has 7 nitrogen and oxygen atoms in total. The van der Waals surface area contributed by atoms with Gasteiger partial charge in [0.15, 0.2) is 5.82 Å². The summed E-state index contributed by atoms with van der Waals surface area (Å²) in [6.45, 7) is 4.90. The van der Waals surface area contributed by atoms with Gasteiger partial charge in [-0.05, 0) is 45.0 Å². The van der Waals surface area contributed by atoms with Crippen molar-refractivity contribution in [1.82, 2.24) is 15.0 Å². The number of hydrogen-bond donors (Lipinski definition) is 1. The van der Waals surface area contributed by atoms with E-state index in [9.17, 15) is 9.59 Å². The summed E-state index contributed by atoms with van der Waals surface area (Å²) in [6, 6.07) is 8.50. The average molecular weight is 391 g/mol. The molecule has 3 rings (SSSR count). The maximum atomic E-state index is 13.0. The van der Waals surface area contributed by atoms with E-state index in [1.54, 1.807) is 37.3 Å². The highest BCUT2D eigenvalue weighted by Crippen LogP contribution is 2.18. The molecule has 2 heterocycles. The number of carbonyl (C=O) groups is 2. The van der Waals surface area contributed by atoms with Crippen molar-refractivity contribution in [2.24, 2.45) is 0 Å². The summed E-state index contributed by atoms with van der Waals surface area (Å²) >= 11 is 6.18. The van der Waals surface area contributed by atoms with E-state index in [0.29, 0.717) is 28.7 Å². The van der Waals surface area contributed by atoms with Gasteiger partial charge in [0.05, 0.1) is 10.6 Å². The minimum absolute atomic E-state index is 0.0796. The van der Waals surface area contributed by atoms with Gasteiger partial charge in [0.25, 0.3) is 5.91 Å². The molecule has 1 aliphatic heterocycles. The summed E-state index contributed by atoms with van der Waals surface area (Å²) in [5.74, 6) is 0.349. The van der Waals surface area contributed by atoms with Gasteiger partial charge >= 0.3 is 0 Å². The first-order valence-electron chi connectivity index (χ1n) is 9.02. The van der Waals surface area contributed by atoms with E-state index >= 15 is 0 Å². The molecule has 1 aliphatic rings. The topological polar surface area (TPSA) is 78.7 Å². The van der Waals surface area contributed by atoms with Crippen molar-refractivity contribution in [1.29, 1.82) is 0 Å². The average Bonchev–Trinajstić information content (AvgIpc) is 3.30. The number of nitrogens with zero attached hydrogens (tertiary/aromatic N) is 3. The van der Waals surface area contributed by atoms with Crippen LogP contribution in [0.25, 0.3) is 0 Å². The molecule has 1 saturated heterocycles. The van der Waals surface area contributed by atoms with E-state index in [1.165, 1.54) is 17.7 Å². The molecule has 27 heavy (non-hydrogen) atoms. The number of hydrogen-bond acceptors (Lipinski definition) is 5. The maximum absolute atomic E-state index is 13.0. The van der Waals surface area contributed by atoms with Crippen molar-refractivity contribution in [3.8, 4) is 0 Å². The van der Waals surface area contributed by atoms with Crippen LogP contribution in [0.3, 0.4) is 0 Å². The lowest BCUT2D eigenvalue weighted by molar-refractivity contribution is -0.117. The minimum Gasteiger partial charge on any atom is -0.360 e. The Morgan fingerprint density at radius 3 is 2.70 bits per heavy atom. The molecule has 0 bridgehead atoms. The van der Waals surface area contributed by atoms with Gasteiger partial charge < -0.3 is 19.6 Å². The number of benzene rings is 1. The second kappa shape index (κ2) is 9.01. The van der Waals surface area contributed by atoms with E-state index < -0.39 is 0 Å². The minimum atomic E-state index is -0.329. The van der Waals surface area contributed by atoms with E-state index in [4.69, 9.17) is 16.1 Å². The van der Waals surface area contributed by atoms with Crippen molar-refractivity contribution in [3.63, 3.8) is 0 Å². The predicted octanol–water partition coefficient (Wildman–Crippen LogP) is 2.81. The molecule has 144 valence electrons. The number of anilines is 1. The molecule has 2 amide bonds. The summed E-state index contributed by atoms with van der Waals surface area (Å²) in [5.41, 5.74) is 0.394. The molecule has 0 spiro atoms. The zero-order valence-electron chi connectivity index (χ0n) is 15.3. The smallest absolute Gasteiger partial charge is 0.255 e. The molecule has 0 saturated carbocycles. The Labute approximate surface area is 163 Å². The first kappa shape index (κ1) is 19.4. The Morgan fingerprint density at radius 2 is 2.04 bits per heavy atom. The van der Waals surface area contributed by atoms with Gasteiger partial charge in [0.1, 0.15) is 12.3 Å². The molecule has 0 atom stereocenters. The van der Waals surface area contributed by atoms with E-state index in [2.05, 4.69) is 15.4 Å². The number of amides is 2. The molecule has 8 heteroatoms. The molecule has 1 fully saturated rings. The number of halogens is 1. The summed E-state index contributed by atoms with van der Waals surface area (Å²) in [5, 5.41) is 6.78. The van der Waals surface area contributed by atoms with Gasteiger partial charge in [-0.1, -0.05) is 28.9 Å². The van der Waals surface area contributed by atoms with Gasteiger partial charge in [0.2, 0.25) is 5.91 Å². The number of aryl methyl sites for hydroxylation is 1. The lowest BCUT2D eigenvalue weighted by Gasteiger charge is -2.25. The van der Waals surface area contributed by atoms with Gasteiger partial charge in [-0.3, -0.25) is 9.59 Å². The van der Waals surface area contributed by atoms with Crippen molar-refractivity contribution in [2.75, 3.05) is 38.0 Å². The SMILES string of the molecule is Cc1cc(NC(=O)CN(CCN2CCCC2)C(=O)c2ccccc2Cl)no1. The highest BCUT2D eigenvalue weighted by Gasteiger charge is 2.22. The van der Waals surface area contributed by atoms with Crippen molar-refractivity contribution < 1.29 is 14.1 Å². The summed E-state index contributed by atoms with van der Waals surface area (Å²) in [7, 11) is 0. The lowest BCUT2D eigenvalue weighted by atomic mass is 10.2. The first-order chi connectivity index (χ1) is 13.0. The van der Waals surface area contributed by atoms with E-state index in [0.717, 1.165) is 19.6 Å². The van der Waals surface area contributed by atoms with Gasteiger partial charge in [-0.25, -0.2) is 0 Å². The van der Waals surface area contributed by atoms with Crippen LogP contribution in [-0.2, 0) is 4.79 Å². The van der Waals surface area contributed by atoms with Crippen molar-refractivity contribution in [3.05, 3.63) is 46.7 Å². The van der Waals surface area contributed by atoms with Crippen LogP contribution in [0.1, 0.15) is 29.0 Å². The molecule has 1 aromatic carbocycles. The van der Waals surface area contributed by atoms with Crippen LogP contribution in [-0.4, -0.2) is 59.5 Å².